The van der Waals surface area contributed by atoms with Crippen LogP contribution in [0.25, 0.3) is 0 Å². The van der Waals surface area contributed by atoms with Gasteiger partial charge in [0.05, 0.1) is 22.7 Å². The molecule has 288 valence electrons. The first-order valence-corrected chi connectivity index (χ1v) is 22.2. The number of hydrogen-bond donors (Lipinski definition) is 0. The number of para-hydroxylation sites is 4. The number of anilines is 4. The molecule has 0 saturated heterocycles. The van der Waals surface area contributed by atoms with Crippen molar-refractivity contribution in [3.05, 3.63) is 119 Å². The van der Waals surface area contributed by atoms with Gasteiger partial charge in [-0.1, -0.05) is 150 Å². The third-order valence-electron chi connectivity index (χ3n) is 13.7. The van der Waals surface area contributed by atoms with Crippen LogP contribution in [0.2, 0.25) is 0 Å². The number of rotatable bonds is 10. The molecule has 4 nitrogen and oxygen atoms in total. The van der Waals surface area contributed by atoms with Gasteiger partial charge in [-0.3, -0.25) is 19.4 Å². The van der Waals surface area contributed by atoms with Crippen LogP contribution in [-0.4, -0.2) is 11.8 Å². The Morgan fingerprint density at radius 1 is 0.345 bits per heavy atom. The minimum Gasteiger partial charge on any atom is -0.280 e. The van der Waals surface area contributed by atoms with Gasteiger partial charge in [-0.05, 0) is 122 Å². The van der Waals surface area contributed by atoms with Crippen molar-refractivity contribution in [2.24, 2.45) is 0 Å². The molecule has 4 aliphatic carbocycles. The second-order valence-corrected chi connectivity index (χ2v) is 17.2. The normalized spacial score (nSPS) is 19.2. The zero-order valence-corrected chi connectivity index (χ0v) is 33.1. The quantitative estimate of drug-likeness (QED) is 0.152. The zero-order chi connectivity index (χ0) is 37.4. The third-order valence-corrected chi connectivity index (χ3v) is 13.7. The Morgan fingerprint density at radius 3 is 0.800 bits per heavy atom. The molecule has 0 unspecified atom stereocenters. The van der Waals surface area contributed by atoms with Crippen LogP contribution in [0, 0.1) is 0 Å². The standard InChI is InChI=1S/C51H62N2O2/c54-50(52(46-33-17-13-29-42(46)38-21-5-1-6-22-38)47-34-18-14-30-43(47)39-23-7-2-8-24-39)37-51(55)53(48-35-19-15-31-44(48)40-25-9-3-10-26-40)49-36-20-16-32-45(49)41-27-11-4-12-28-41/h13-20,29-36,38-41H,1-12,21-28,37H2. The second-order valence-electron chi connectivity index (χ2n) is 17.2. The Morgan fingerprint density at radius 2 is 0.564 bits per heavy atom. The molecule has 0 N–H and O–H groups in total. The maximum Gasteiger partial charge on any atom is 0.241 e. The van der Waals surface area contributed by atoms with Gasteiger partial charge < -0.3 is 0 Å². The minimum atomic E-state index is -0.198. The highest BCUT2D eigenvalue weighted by Crippen LogP contribution is 2.47. The van der Waals surface area contributed by atoms with Crippen LogP contribution < -0.4 is 9.80 Å². The van der Waals surface area contributed by atoms with Gasteiger partial charge >= 0.3 is 0 Å². The lowest BCUT2D eigenvalue weighted by Crippen LogP contribution is -2.36. The molecule has 4 aliphatic rings. The number of nitrogens with zero attached hydrogens (tertiary/aromatic N) is 2. The predicted molar refractivity (Wildman–Crippen MR) is 228 cm³/mol. The highest BCUT2D eigenvalue weighted by molar-refractivity contribution is 6.16. The molecule has 4 heteroatoms. The van der Waals surface area contributed by atoms with Gasteiger partial charge in [-0.25, -0.2) is 0 Å². The van der Waals surface area contributed by atoms with E-state index < -0.39 is 0 Å². The fourth-order valence-corrected chi connectivity index (χ4v) is 10.9. The Kier molecular flexibility index (Phi) is 12.5. The molecule has 0 heterocycles. The molecule has 8 rings (SSSR count). The average Bonchev–Trinajstić information content (AvgIpc) is 3.26. The first-order valence-electron chi connectivity index (χ1n) is 22.2. The minimum absolute atomic E-state index is 0.133. The van der Waals surface area contributed by atoms with Crippen LogP contribution in [0.5, 0.6) is 0 Å². The Balaban J connectivity index is 1.23. The molecule has 4 saturated carbocycles. The molecular formula is C51H62N2O2. The fourth-order valence-electron chi connectivity index (χ4n) is 10.9. The lowest BCUT2D eigenvalue weighted by atomic mass is 9.81. The van der Waals surface area contributed by atoms with Crippen LogP contribution in [-0.2, 0) is 9.59 Å². The van der Waals surface area contributed by atoms with E-state index in [9.17, 15) is 0 Å². The molecule has 4 aromatic carbocycles. The van der Waals surface area contributed by atoms with Crippen molar-refractivity contribution in [3.63, 3.8) is 0 Å². The van der Waals surface area contributed by atoms with Gasteiger partial charge in [0, 0.05) is 0 Å². The first-order chi connectivity index (χ1) is 27.2. The molecular weight excluding hydrogens is 673 g/mol. The van der Waals surface area contributed by atoms with E-state index in [2.05, 4.69) is 97.1 Å². The van der Waals surface area contributed by atoms with Gasteiger partial charge in [0.1, 0.15) is 6.42 Å². The Hall–Kier alpha value is -4.18. The van der Waals surface area contributed by atoms with E-state index in [0.717, 1.165) is 74.1 Å². The van der Waals surface area contributed by atoms with Crippen molar-refractivity contribution in [1.29, 1.82) is 0 Å². The molecule has 0 atom stereocenters. The topological polar surface area (TPSA) is 40.6 Å². The predicted octanol–water partition coefficient (Wildman–Crippen LogP) is 14.3. The van der Waals surface area contributed by atoms with E-state index in [1.807, 2.05) is 9.80 Å². The molecule has 0 bridgehead atoms. The summed E-state index contributed by atoms with van der Waals surface area (Å²) in [5.41, 5.74) is 8.87. The highest BCUT2D eigenvalue weighted by Gasteiger charge is 2.34. The molecule has 0 radical (unpaired) electrons. The number of carbonyl (C=O) groups is 2. The maximum atomic E-state index is 15.4. The van der Waals surface area contributed by atoms with Crippen molar-refractivity contribution >= 4 is 34.6 Å². The van der Waals surface area contributed by atoms with Crippen LogP contribution in [0.4, 0.5) is 22.7 Å². The summed E-state index contributed by atoms with van der Waals surface area (Å²) in [5, 5.41) is 0. The number of carbonyl (C=O) groups excluding carboxylic acids is 2. The zero-order valence-electron chi connectivity index (χ0n) is 33.1. The Labute approximate surface area is 330 Å². The van der Waals surface area contributed by atoms with Crippen molar-refractivity contribution in [2.75, 3.05) is 9.80 Å². The van der Waals surface area contributed by atoms with E-state index in [1.165, 1.54) is 99.3 Å². The third kappa shape index (κ3) is 8.49. The molecule has 4 fully saturated rings. The smallest absolute Gasteiger partial charge is 0.241 e. The number of amides is 2. The number of hydrogen-bond acceptors (Lipinski definition) is 2. The monoisotopic (exact) mass is 734 g/mol. The van der Waals surface area contributed by atoms with Gasteiger partial charge in [-0.2, -0.15) is 0 Å². The summed E-state index contributed by atoms with van der Waals surface area (Å²) < 4.78 is 0. The van der Waals surface area contributed by atoms with Crippen LogP contribution in [0.3, 0.4) is 0 Å². The largest absolute Gasteiger partial charge is 0.280 e. The molecule has 0 aliphatic heterocycles. The summed E-state index contributed by atoms with van der Waals surface area (Å²) in [6, 6.07) is 34.5. The van der Waals surface area contributed by atoms with E-state index in [-0.39, 0.29) is 18.2 Å². The summed E-state index contributed by atoms with van der Waals surface area (Å²) in [7, 11) is 0. The molecule has 4 aromatic rings. The first kappa shape index (κ1) is 37.7. The van der Waals surface area contributed by atoms with E-state index in [1.54, 1.807) is 0 Å². The summed E-state index contributed by atoms with van der Waals surface area (Å²) in [5.74, 6) is 1.40. The summed E-state index contributed by atoms with van der Waals surface area (Å²) in [6.07, 6.45) is 23.9. The second kappa shape index (κ2) is 18.2. The van der Waals surface area contributed by atoms with E-state index in [4.69, 9.17) is 0 Å². The van der Waals surface area contributed by atoms with E-state index >= 15 is 9.59 Å². The van der Waals surface area contributed by atoms with Crippen LogP contribution >= 0.6 is 0 Å². The SMILES string of the molecule is O=C(CC(=O)N(c1ccccc1C1CCCCC1)c1ccccc1C1CCCCC1)N(c1ccccc1C1CCCCC1)c1ccccc1C1CCCCC1. The average molecular weight is 735 g/mol. The van der Waals surface area contributed by atoms with Gasteiger partial charge in [0.2, 0.25) is 11.8 Å². The lowest BCUT2D eigenvalue weighted by Gasteiger charge is -2.35. The number of benzene rings is 4. The van der Waals surface area contributed by atoms with Crippen molar-refractivity contribution in [3.8, 4) is 0 Å². The van der Waals surface area contributed by atoms with Crippen molar-refractivity contribution in [1.82, 2.24) is 0 Å². The summed E-state index contributed by atoms with van der Waals surface area (Å²) >= 11 is 0. The van der Waals surface area contributed by atoms with E-state index in [0.29, 0.717) is 23.7 Å². The van der Waals surface area contributed by atoms with Crippen molar-refractivity contribution < 1.29 is 9.59 Å². The Bertz CT molecular complexity index is 1630. The molecule has 0 spiro atoms. The highest BCUT2D eigenvalue weighted by atomic mass is 16.2. The summed E-state index contributed by atoms with van der Waals surface area (Å²) in [6.45, 7) is 0. The van der Waals surface area contributed by atoms with Gasteiger partial charge in [0.15, 0.2) is 0 Å². The van der Waals surface area contributed by atoms with Crippen LogP contribution in [0.15, 0.2) is 97.1 Å². The summed E-state index contributed by atoms with van der Waals surface area (Å²) in [4.78, 5) is 34.9. The van der Waals surface area contributed by atoms with Gasteiger partial charge in [-0.15, -0.1) is 0 Å². The molecule has 55 heavy (non-hydrogen) atoms. The maximum absolute atomic E-state index is 15.4. The van der Waals surface area contributed by atoms with Gasteiger partial charge in [0.25, 0.3) is 0 Å². The fraction of sp³-hybridized carbons (Fsp3) is 0.490. The molecule has 0 aromatic heterocycles. The van der Waals surface area contributed by atoms with Crippen molar-refractivity contribution in [2.45, 2.75) is 159 Å². The molecule has 2 amide bonds. The lowest BCUT2D eigenvalue weighted by molar-refractivity contribution is -0.125. The van der Waals surface area contributed by atoms with Crippen LogP contribution in [0.1, 0.15) is 181 Å².